The normalized spacial score (nSPS) is 17.7. The highest BCUT2D eigenvalue weighted by Gasteiger charge is 2.31. The Kier molecular flexibility index (Phi) is 5.73. The molecule has 1 unspecified atom stereocenters. The third-order valence-electron chi connectivity index (χ3n) is 5.90. The molecule has 3 aromatic rings. The zero-order chi connectivity index (χ0) is 23.9. The van der Waals surface area contributed by atoms with E-state index in [0.29, 0.717) is 52.8 Å². The molecule has 1 N–H and O–H groups in total. The fraction of sp³-hybridized carbons (Fsp3) is 0.292. The van der Waals surface area contributed by atoms with Gasteiger partial charge in [-0.3, -0.25) is 9.36 Å². The third-order valence-corrected chi connectivity index (χ3v) is 6.76. The number of terminal acetylenes is 1. The smallest absolute Gasteiger partial charge is 0.337 e. The molecule has 0 fully saturated rings. The highest BCUT2D eigenvalue weighted by molar-refractivity contribution is 7.99. The number of hydrogen-bond acceptors (Lipinski definition) is 5. The number of aromatic amines is 1. The van der Waals surface area contributed by atoms with Crippen LogP contribution in [0.1, 0.15) is 29.3 Å². The van der Waals surface area contributed by atoms with E-state index in [1.807, 2.05) is 29.2 Å². The average molecular weight is 484 g/mol. The van der Waals surface area contributed by atoms with Crippen LogP contribution in [0, 0.1) is 12.3 Å². The van der Waals surface area contributed by atoms with Gasteiger partial charge in [-0.1, -0.05) is 42.0 Å². The van der Waals surface area contributed by atoms with Gasteiger partial charge in [0.1, 0.15) is 0 Å². The van der Waals surface area contributed by atoms with Crippen molar-refractivity contribution in [2.75, 3.05) is 17.2 Å². The van der Waals surface area contributed by atoms with Gasteiger partial charge in [-0.05, 0) is 24.6 Å². The van der Waals surface area contributed by atoms with Gasteiger partial charge in [0.25, 0.3) is 5.56 Å². The van der Waals surface area contributed by atoms with Gasteiger partial charge in [-0.2, -0.15) is 13.2 Å². The number of benzene rings is 1. The van der Waals surface area contributed by atoms with Crippen molar-refractivity contribution in [3.63, 3.8) is 0 Å². The van der Waals surface area contributed by atoms with Crippen molar-refractivity contribution in [3.05, 3.63) is 69.7 Å². The second-order valence-corrected chi connectivity index (χ2v) is 9.01. The summed E-state index contributed by atoms with van der Waals surface area (Å²) < 4.78 is 40.9. The minimum Gasteiger partial charge on any atom is -0.337 e. The van der Waals surface area contributed by atoms with Gasteiger partial charge in [0.2, 0.25) is 5.95 Å². The Bertz CT molecular complexity index is 1410. The van der Waals surface area contributed by atoms with E-state index >= 15 is 0 Å². The molecule has 2 aromatic heterocycles. The molecule has 0 saturated carbocycles. The van der Waals surface area contributed by atoms with Gasteiger partial charge in [-0.15, -0.1) is 6.42 Å². The topological polar surface area (TPSA) is 66.8 Å². The number of imidazole rings is 1. The summed E-state index contributed by atoms with van der Waals surface area (Å²) in [7, 11) is 0. The summed E-state index contributed by atoms with van der Waals surface area (Å²) in [5, 5.41) is 0.600. The van der Waals surface area contributed by atoms with Crippen molar-refractivity contribution in [2.24, 2.45) is 0 Å². The monoisotopic (exact) mass is 483 g/mol. The minimum absolute atomic E-state index is 0.130. The van der Waals surface area contributed by atoms with Crippen LogP contribution in [0.5, 0.6) is 0 Å². The van der Waals surface area contributed by atoms with E-state index < -0.39 is 11.7 Å². The fourth-order valence-corrected chi connectivity index (χ4v) is 4.98. The Balaban J connectivity index is 1.51. The number of aromatic nitrogens is 4. The lowest BCUT2D eigenvalue weighted by molar-refractivity contribution is -0.137. The Hall–Kier alpha value is -3.45. The van der Waals surface area contributed by atoms with Crippen LogP contribution >= 0.6 is 11.8 Å². The standard InChI is InChI=1S/C24H20F3N5OS/c1-2-12-34-23-30-18-10-11-31(14-17(18)21(33)32(23)16-6-4-3-5-7-16)22-28-19-9-8-15(24(25,26)27)13-20(19)29-22/h1,3-6,8-9,13,16H,7,10-12,14H2,(H,28,29). The molecule has 0 saturated heterocycles. The molecule has 1 aromatic carbocycles. The summed E-state index contributed by atoms with van der Waals surface area (Å²) in [6, 6.07) is 3.26. The molecule has 0 radical (unpaired) electrons. The molecule has 3 heterocycles. The summed E-state index contributed by atoms with van der Waals surface area (Å²) in [5.74, 6) is 3.42. The van der Waals surface area contributed by atoms with Crippen molar-refractivity contribution >= 4 is 28.7 Å². The first-order valence-electron chi connectivity index (χ1n) is 10.7. The number of H-pyrrole nitrogens is 1. The molecular weight excluding hydrogens is 463 g/mol. The average Bonchev–Trinajstić information content (AvgIpc) is 3.26. The lowest BCUT2D eigenvalue weighted by atomic mass is 10.1. The lowest BCUT2D eigenvalue weighted by Gasteiger charge is -2.29. The quantitative estimate of drug-likeness (QED) is 0.337. The number of alkyl halides is 3. The van der Waals surface area contributed by atoms with E-state index in [-0.39, 0.29) is 18.1 Å². The van der Waals surface area contributed by atoms with Gasteiger partial charge in [0.05, 0.1) is 46.2 Å². The number of nitrogens with one attached hydrogen (secondary N) is 1. The van der Waals surface area contributed by atoms with E-state index in [1.54, 1.807) is 4.57 Å². The van der Waals surface area contributed by atoms with Gasteiger partial charge >= 0.3 is 6.18 Å². The van der Waals surface area contributed by atoms with Gasteiger partial charge < -0.3 is 9.88 Å². The molecule has 10 heteroatoms. The predicted molar refractivity (Wildman–Crippen MR) is 126 cm³/mol. The number of allylic oxidation sites excluding steroid dienone is 4. The first-order valence-corrected chi connectivity index (χ1v) is 11.7. The first kappa shape index (κ1) is 22.3. The Morgan fingerprint density at radius 3 is 2.85 bits per heavy atom. The number of fused-ring (bicyclic) bond motifs is 2. The van der Waals surface area contributed by atoms with Crippen molar-refractivity contribution in [2.45, 2.75) is 36.8 Å². The highest BCUT2D eigenvalue weighted by atomic mass is 32.2. The van der Waals surface area contributed by atoms with Gasteiger partial charge in [-0.25, -0.2) is 9.97 Å². The molecule has 6 nitrogen and oxygen atoms in total. The van der Waals surface area contributed by atoms with Crippen LogP contribution in [0.2, 0.25) is 0 Å². The van der Waals surface area contributed by atoms with Gasteiger partial charge in [0.15, 0.2) is 5.16 Å². The van der Waals surface area contributed by atoms with E-state index in [1.165, 1.54) is 17.8 Å². The van der Waals surface area contributed by atoms with Gasteiger partial charge in [0, 0.05) is 13.0 Å². The molecule has 174 valence electrons. The molecule has 1 aliphatic carbocycles. The first-order chi connectivity index (χ1) is 16.3. The Morgan fingerprint density at radius 1 is 1.26 bits per heavy atom. The SMILES string of the molecule is C#CCSc1nc2c(c(=O)n1C1C=CC=CC1)CN(c1nc3ccc(C(F)(F)F)cc3[nH]1)CC2. The second-order valence-electron chi connectivity index (χ2n) is 8.07. The largest absolute Gasteiger partial charge is 0.416 e. The number of halogens is 3. The van der Waals surface area contributed by atoms with Crippen LogP contribution in [0.4, 0.5) is 19.1 Å². The minimum atomic E-state index is -4.43. The van der Waals surface area contributed by atoms with Crippen molar-refractivity contribution in [3.8, 4) is 12.3 Å². The van der Waals surface area contributed by atoms with Crippen LogP contribution in [0.3, 0.4) is 0 Å². The third kappa shape index (κ3) is 4.12. The maximum atomic E-state index is 13.6. The molecule has 2 aliphatic rings. The Labute approximate surface area is 197 Å². The predicted octanol–water partition coefficient (Wildman–Crippen LogP) is 4.48. The fourth-order valence-electron chi connectivity index (χ4n) is 4.23. The number of anilines is 1. The molecule has 1 aliphatic heterocycles. The molecule has 1 atom stereocenters. The van der Waals surface area contributed by atoms with Crippen LogP contribution in [0.15, 0.2) is 52.5 Å². The van der Waals surface area contributed by atoms with E-state index in [2.05, 4.69) is 15.9 Å². The molecule has 34 heavy (non-hydrogen) atoms. The highest BCUT2D eigenvalue weighted by Crippen LogP contribution is 2.32. The molecule has 0 amide bonds. The van der Waals surface area contributed by atoms with Crippen LogP contribution in [0.25, 0.3) is 11.0 Å². The zero-order valence-electron chi connectivity index (χ0n) is 18.0. The van der Waals surface area contributed by atoms with E-state index in [4.69, 9.17) is 11.4 Å². The maximum absolute atomic E-state index is 13.6. The lowest BCUT2D eigenvalue weighted by Crippen LogP contribution is -2.40. The van der Waals surface area contributed by atoms with Crippen LogP contribution < -0.4 is 10.5 Å². The second kappa shape index (κ2) is 8.72. The summed E-state index contributed by atoms with van der Waals surface area (Å²) >= 11 is 1.36. The Morgan fingerprint density at radius 2 is 2.12 bits per heavy atom. The van der Waals surface area contributed by atoms with Crippen LogP contribution in [-0.4, -0.2) is 31.8 Å². The summed E-state index contributed by atoms with van der Waals surface area (Å²) in [5.41, 5.74) is 1.15. The van der Waals surface area contributed by atoms with E-state index in [0.717, 1.165) is 17.8 Å². The zero-order valence-corrected chi connectivity index (χ0v) is 18.8. The molecule has 5 rings (SSSR count). The maximum Gasteiger partial charge on any atom is 0.416 e. The number of hydrogen-bond donors (Lipinski definition) is 1. The molecular formula is C24H20F3N5OS. The summed E-state index contributed by atoms with van der Waals surface area (Å²) in [6.07, 6.45) is 10.0. The molecule has 0 bridgehead atoms. The van der Waals surface area contributed by atoms with E-state index in [9.17, 15) is 18.0 Å². The summed E-state index contributed by atoms with van der Waals surface area (Å²) in [4.78, 5) is 27.7. The summed E-state index contributed by atoms with van der Waals surface area (Å²) in [6.45, 7) is 0.792. The van der Waals surface area contributed by atoms with Crippen molar-refractivity contribution in [1.82, 2.24) is 19.5 Å². The number of rotatable bonds is 4. The number of nitrogens with zero attached hydrogens (tertiary/aromatic N) is 4. The van der Waals surface area contributed by atoms with Crippen LogP contribution in [-0.2, 0) is 19.1 Å². The number of thioether (sulfide) groups is 1. The van der Waals surface area contributed by atoms with Crippen molar-refractivity contribution in [1.29, 1.82) is 0 Å². The molecule has 0 spiro atoms. The van der Waals surface area contributed by atoms with Crippen molar-refractivity contribution < 1.29 is 13.2 Å².